The van der Waals surface area contributed by atoms with Crippen LogP contribution in [0, 0.1) is 19.8 Å². The molecule has 6 nitrogen and oxygen atoms in total. The highest BCUT2D eigenvalue weighted by Gasteiger charge is 2.21. The standard InChI is InChI=1S/C22H26N4O2/c1-14(2)8-9-23-22(28)20-25-19(18-7-5-6-10-26(18)20)21(27)24-17-12-15(3)11-16(4)13-17/h5-7,10-14H,8-9H2,1-4H3,(H,23,28)(H,24,27). The van der Waals surface area contributed by atoms with Gasteiger partial charge in [-0.05, 0) is 61.6 Å². The number of carbonyl (C=O) groups excluding carboxylic acids is 2. The van der Waals surface area contributed by atoms with Crippen LogP contribution in [0.2, 0.25) is 0 Å². The number of imidazole rings is 1. The molecule has 6 heteroatoms. The highest BCUT2D eigenvalue weighted by atomic mass is 16.2. The van der Waals surface area contributed by atoms with Gasteiger partial charge in [0, 0.05) is 18.4 Å². The molecule has 146 valence electrons. The minimum Gasteiger partial charge on any atom is -0.349 e. The molecule has 0 aliphatic rings. The van der Waals surface area contributed by atoms with Crippen molar-refractivity contribution in [1.29, 1.82) is 0 Å². The van der Waals surface area contributed by atoms with Crippen molar-refractivity contribution in [2.75, 3.05) is 11.9 Å². The van der Waals surface area contributed by atoms with E-state index in [0.29, 0.717) is 23.7 Å². The summed E-state index contributed by atoms with van der Waals surface area (Å²) in [6.07, 6.45) is 2.63. The largest absolute Gasteiger partial charge is 0.349 e. The van der Waals surface area contributed by atoms with Crippen molar-refractivity contribution in [3.8, 4) is 0 Å². The van der Waals surface area contributed by atoms with Gasteiger partial charge in [-0.3, -0.25) is 14.0 Å². The first-order chi connectivity index (χ1) is 13.3. The third-order valence-corrected chi connectivity index (χ3v) is 4.45. The van der Waals surface area contributed by atoms with Crippen LogP contribution in [0.1, 0.15) is 52.5 Å². The molecular weight excluding hydrogens is 352 g/mol. The van der Waals surface area contributed by atoms with Gasteiger partial charge in [0.05, 0.1) is 5.52 Å². The Morgan fingerprint density at radius 3 is 2.46 bits per heavy atom. The van der Waals surface area contributed by atoms with Gasteiger partial charge < -0.3 is 10.6 Å². The molecule has 0 aliphatic carbocycles. The van der Waals surface area contributed by atoms with E-state index in [4.69, 9.17) is 0 Å². The van der Waals surface area contributed by atoms with Crippen LogP contribution in [0.3, 0.4) is 0 Å². The van der Waals surface area contributed by atoms with Crippen LogP contribution in [0.15, 0.2) is 42.6 Å². The Balaban J connectivity index is 1.89. The third kappa shape index (κ3) is 4.39. The minimum atomic E-state index is -0.338. The quantitative estimate of drug-likeness (QED) is 0.681. The molecule has 2 N–H and O–H groups in total. The molecule has 0 radical (unpaired) electrons. The molecule has 0 saturated carbocycles. The van der Waals surface area contributed by atoms with Gasteiger partial charge in [-0.1, -0.05) is 26.0 Å². The zero-order valence-corrected chi connectivity index (χ0v) is 16.7. The van der Waals surface area contributed by atoms with Crippen molar-refractivity contribution in [2.45, 2.75) is 34.1 Å². The average molecular weight is 378 g/mol. The van der Waals surface area contributed by atoms with Crippen molar-refractivity contribution in [1.82, 2.24) is 14.7 Å². The van der Waals surface area contributed by atoms with Gasteiger partial charge in [0.1, 0.15) is 0 Å². The fourth-order valence-electron chi connectivity index (χ4n) is 3.16. The number of benzene rings is 1. The number of nitrogens with one attached hydrogen (secondary N) is 2. The van der Waals surface area contributed by atoms with Crippen LogP contribution in [0.5, 0.6) is 0 Å². The van der Waals surface area contributed by atoms with Crippen LogP contribution in [0.25, 0.3) is 5.52 Å². The molecule has 1 aromatic carbocycles. The normalized spacial score (nSPS) is 11.0. The van der Waals surface area contributed by atoms with Crippen LogP contribution in [0.4, 0.5) is 5.69 Å². The maximum absolute atomic E-state index is 12.9. The highest BCUT2D eigenvalue weighted by Crippen LogP contribution is 2.18. The molecule has 0 bridgehead atoms. The van der Waals surface area contributed by atoms with E-state index in [0.717, 1.165) is 17.5 Å². The predicted octanol–water partition coefficient (Wildman–Crippen LogP) is 3.98. The van der Waals surface area contributed by atoms with E-state index in [9.17, 15) is 9.59 Å². The number of fused-ring (bicyclic) bond motifs is 1. The molecule has 0 saturated heterocycles. The first-order valence-corrected chi connectivity index (χ1v) is 9.50. The van der Waals surface area contributed by atoms with E-state index >= 15 is 0 Å². The van der Waals surface area contributed by atoms with Gasteiger partial charge in [0.2, 0.25) is 5.82 Å². The lowest BCUT2D eigenvalue weighted by atomic mass is 10.1. The molecule has 0 atom stereocenters. The van der Waals surface area contributed by atoms with Gasteiger partial charge >= 0.3 is 0 Å². The first kappa shape index (κ1) is 19.6. The van der Waals surface area contributed by atoms with Crippen LogP contribution >= 0.6 is 0 Å². The number of hydrogen-bond acceptors (Lipinski definition) is 3. The number of anilines is 1. The lowest BCUT2D eigenvalue weighted by molar-refractivity contribution is 0.0941. The summed E-state index contributed by atoms with van der Waals surface area (Å²) >= 11 is 0. The second kappa shape index (κ2) is 8.25. The number of aromatic nitrogens is 2. The van der Waals surface area contributed by atoms with E-state index in [1.165, 1.54) is 0 Å². The maximum Gasteiger partial charge on any atom is 0.287 e. The average Bonchev–Trinajstić information content (AvgIpc) is 3.00. The van der Waals surface area contributed by atoms with E-state index in [-0.39, 0.29) is 23.3 Å². The number of hydrogen-bond donors (Lipinski definition) is 2. The van der Waals surface area contributed by atoms with Crippen LogP contribution in [-0.2, 0) is 0 Å². The minimum absolute atomic E-state index is 0.213. The maximum atomic E-state index is 12.9. The summed E-state index contributed by atoms with van der Waals surface area (Å²) in [7, 11) is 0. The number of carbonyl (C=O) groups is 2. The first-order valence-electron chi connectivity index (χ1n) is 9.50. The molecule has 2 amide bonds. The van der Waals surface area contributed by atoms with Crippen molar-refractivity contribution in [3.05, 3.63) is 65.2 Å². The van der Waals surface area contributed by atoms with Gasteiger partial charge in [0.25, 0.3) is 11.8 Å². The molecule has 0 spiro atoms. The summed E-state index contributed by atoms with van der Waals surface area (Å²) in [5, 5.41) is 5.78. The lowest BCUT2D eigenvalue weighted by Crippen LogP contribution is -2.27. The molecule has 0 aliphatic heterocycles. The summed E-state index contributed by atoms with van der Waals surface area (Å²) in [6.45, 7) is 8.74. The van der Waals surface area contributed by atoms with Crippen LogP contribution < -0.4 is 10.6 Å². The molecule has 3 rings (SSSR count). The van der Waals surface area contributed by atoms with E-state index in [2.05, 4.69) is 29.5 Å². The Morgan fingerprint density at radius 1 is 1.07 bits per heavy atom. The fourth-order valence-corrected chi connectivity index (χ4v) is 3.16. The van der Waals surface area contributed by atoms with E-state index in [1.807, 2.05) is 44.2 Å². The van der Waals surface area contributed by atoms with E-state index < -0.39 is 0 Å². The molecule has 0 fully saturated rings. The number of amides is 2. The van der Waals surface area contributed by atoms with Crippen molar-refractivity contribution in [3.63, 3.8) is 0 Å². The molecule has 3 aromatic rings. The predicted molar refractivity (Wildman–Crippen MR) is 111 cm³/mol. The summed E-state index contributed by atoms with van der Waals surface area (Å²) < 4.78 is 1.65. The van der Waals surface area contributed by atoms with Crippen molar-refractivity contribution < 1.29 is 9.59 Å². The highest BCUT2D eigenvalue weighted by molar-refractivity contribution is 6.09. The van der Waals surface area contributed by atoms with Gasteiger partial charge in [-0.25, -0.2) is 4.98 Å². The monoisotopic (exact) mass is 378 g/mol. The zero-order chi connectivity index (χ0) is 20.3. The lowest BCUT2D eigenvalue weighted by Gasteiger charge is -2.06. The molecule has 28 heavy (non-hydrogen) atoms. The number of aryl methyl sites for hydroxylation is 2. The molecule has 2 heterocycles. The molecule has 0 unspecified atom stereocenters. The fraction of sp³-hybridized carbons (Fsp3) is 0.318. The van der Waals surface area contributed by atoms with E-state index in [1.54, 1.807) is 16.7 Å². The van der Waals surface area contributed by atoms with Gasteiger partial charge in [-0.2, -0.15) is 0 Å². The van der Waals surface area contributed by atoms with Gasteiger partial charge in [0.15, 0.2) is 5.69 Å². The Morgan fingerprint density at radius 2 is 1.79 bits per heavy atom. The smallest absolute Gasteiger partial charge is 0.287 e. The summed E-state index contributed by atoms with van der Waals surface area (Å²) in [5.74, 6) is 0.0867. The Labute approximate surface area is 165 Å². The second-order valence-electron chi connectivity index (χ2n) is 7.51. The molecule has 2 aromatic heterocycles. The Kier molecular flexibility index (Phi) is 5.78. The summed E-state index contributed by atoms with van der Waals surface area (Å²) in [6, 6.07) is 11.3. The van der Waals surface area contributed by atoms with Crippen molar-refractivity contribution in [2.24, 2.45) is 5.92 Å². The topological polar surface area (TPSA) is 75.5 Å². The molecular formula is C22H26N4O2. The summed E-state index contributed by atoms with van der Waals surface area (Å²) in [4.78, 5) is 29.8. The number of pyridine rings is 1. The van der Waals surface area contributed by atoms with Crippen molar-refractivity contribution >= 4 is 23.0 Å². The number of nitrogens with zero attached hydrogens (tertiary/aromatic N) is 2. The second-order valence-corrected chi connectivity index (χ2v) is 7.51. The van der Waals surface area contributed by atoms with Gasteiger partial charge in [-0.15, -0.1) is 0 Å². The Hall–Kier alpha value is -3.15. The Bertz CT molecular complexity index is 1000. The van der Waals surface area contributed by atoms with Crippen LogP contribution in [-0.4, -0.2) is 27.7 Å². The zero-order valence-electron chi connectivity index (χ0n) is 16.7. The number of rotatable bonds is 6. The summed E-state index contributed by atoms with van der Waals surface area (Å²) in [5.41, 5.74) is 3.67. The SMILES string of the molecule is Cc1cc(C)cc(NC(=O)c2nc(C(=O)NCCC(C)C)n3ccccc23)c1. The third-order valence-electron chi connectivity index (χ3n) is 4.45.